The van der Waals surface area contributed by atoms with Crippen molar-refractivity contribution >= 4 is 40.3 Å². The second-order valence-corrected chi connectivity index (χ2v) is 5.94. The smallest absolute Gasteiger partial charge is 0.0799 e. The molecule has 2 nitrogen and oxygen atoms in total. The van der Waals surface area contributed by atoms with E-state index in [2.05, 4.69) is 22.0 Å². The van der Waals surface area contributed by atoms with E-state index in [9.17, 15) is 0 Å². The average Bonchev–Trinajstić information content (AvgIpc) is 2.99. The number of rotatable bonds is 2. The lowest BCUT2D eigenvalue weighted by Gasteiger charge is -2.10. The Hall–Kier alpha value is -1.03. The van der Waals surface area contributed by atoms with Crippen LogP contribution in [0.4, 0.5) is 0 Å². The van der Waals surface area contributed by atoms with Crippen molar-refractivity contribution < 1.29 is 0 Å². The van der Waals surface area contributed by atoms with Crippen molar-refractivity contribution in [2.75, 3.05) is 0 Å². The lowest BCUT2D eigenvalue weighted by molar-refractivity contribution is 0.620. The van der Waals surface area contributed by atoms with Gasteiger partial charge in [0.1, 0.15) is 0 Å². The summed E-state index contributed by atoms with van der Waals surface area (Å²) < 4.78 is 0. The van der Waals surface area contributed by atoms with Crippen LogP contribution in [0.15, 0.2) is 40.8 Å². The number of hydrogen-bond acceptors (Lipinski definition) is 3. The van der Waals surface area contributed by atoms with E-state index in [0.29, 0.717) is 10.0 Å². The van der Waals surface area contributed by atoms with Crippen LogP contribution in [-0.4, -0.2) is 5.71 Å². The van der Waals surface area contributed by atoms with Gasteiger partial charge in [0.15, 0.2) is 0 Å². The molecule has 1 unspecified atom stereocenters. The highest BCUT2D eigenvalue weighted by atomic mass is 35.5. The molecule has 2 heterocycles. The number of benzene rings is 1. The van der Waals surface area contributed by atoms with Gasteiger partial charge < -0.3 is 5.43 Å². The first-order chi connectivity index (χ1) is 8.72. The highest BCUT2D eigenvalue weighted by molar-refractivity contribution is 7.12. The lowest BCUT2D eigenvalue weighted by Crippen LogP contribution is -2.09. The summed E-state index contributed by atoms with van der Waals surface area (Å²) >= 11 is 13.7. The molecule has 0 amide bonds. The van der Waals surface area contributed by atoms with Crippen LogP contribution in [0.25, 0.3) is 0 Å². The van der Waals surface area contributed by atoms with Gasteiger partial charge in [0.25, 0.3) is 0 Å². The van der Waals surface area contributed by atoms with Gasteiger partial charge in [-0.25, -0.2) is 0 Å². The quantitative estimate of drug-likeness (QED) is 0.867. The van der Waals surface area contributed by atoms with Gasteiger partial charge in [0, 0.05) is 16.5 Å². The van der Waals surface area contributed by atoms with Gasteiger partial charge in [-0.05, 0) is 35.2 Å². The SMILES string of the molecule is Clc1cc(Cl)cc(C2CC(c3cccs3)=NN2)c1. The molecule has 5 heteroatoms. The van der Waals surface area contributed by atoms with Gasteiger partial charge in [0.2, 0.25) is 0 Å². The van der Waals surface area contributed by atoms with Crippen molar-refractivity contribution in [1.29, 1.82) is 0 Å². The van der Waals surface area contributed by atoms with Gasteiger partial charge in [-0.15, -0.1) is 11.3 Å². The van der Waals surface area contributed by atoms with Gasteiger partial charge in [0.05, 0.1) is 16.6 Å². The van der Waals surface area contributed by atoms with Crippen molar-refractivity contribution in [1.82, 2.24) is 5.43 Å². The molecular formula is C13H10Cl2N2S. The molecule has 3 rings (SSSR count). The van der Waals surface area contributed by atoms with Crippen LogP contribution in [0.5, 0.6) is 0 Å². The van der Waals surface area contributed by atoms with E-state index in [1.54, 1.807) is 17.4 Å². The van der Waals surface area contributed by atoms with Crippen LogP contribution in [0.1, 0.15) is 22.9 Å². The fourth-order valence-corrected chi connectivity index (χ4v) is 3.28. The molecule has 0 radical (unpaired) electrons. The molecule has 18 heavy (non-hydrogen) atoms. The third-order valence-corrected chi connectivity index (χ3v) is 4.20. The highest BCUT2D eigenvalue weighted by Crippen LogP contribution is 2.29. The summed E-state index contributed by atoms with van der Waals surface area (Å²) in [5.41, 5.74) is 5.30. The topological polar surface area (TPSA) is 24.4 Å². The lowest BCUT2D eigenvalue weighted by atomic mass is 10.0. The molecule has 1 aliphatic heterocycles. The van der Waals surface area contributed by atoms with Crippen LogP contribution in [0, 0.1) is 0 Å². The zero-order valence-corrected chi connectivity index (χ0v) is 11.7. The first-order valence-corrected chi connectivity index (χ1v) is 7.18. The van der Waals surface area contributed by atoms with Crippen molar-refractivity contribution in [3.63, 3.8) is 0 Å². The molecule has 2 aromatic rings. The van der Waals surface area contributed by atoms with E-state index in [1.807, 2.05) is 18.2 Å². The van der Waals surface area contributed by atoms with Gasteiger partial charge in [-0.2, -0.15) is 5.10 Å². The van der Waals surface area contributed by atoms with Gasteiger partial charge in [-0.1, -0.05) is 29.3 Å². The fraction of sp³-hybridized carbons (Fsp3) is 0.154. The summed E-state index contributed by atoms with van der Waals surface area (Å²) in [6.45, 7) is 0. The second-order valence-electron chi connectivity index (χ2n) is 4.12. The van der Waals surface area contributed by atoms with E-state index >= 15 is 0 Å². The number of thiophene rings is 1. The Labute approximate surface area is 119 Å². The number of nitrogens with one attached hydrogen (secondary N) is 1. The first kappa shape index (κ1) is 12.0. The predicted octanol–water partition coefficient (Wildman–Crippen LogP) is 4.49. The normalized spacial score (nSPS) is 18.6. The Morgan fingerprint density at radius 1 is 1.22 bits per heavy atom. The first-order valence-electron chi connectivity index (χ1n) is 5.54. The van der Waals surface area contributed by atoms with E-state index in [4.69, 9.17) is 23.2 Å². The molecule has 1 atom stereocenters. The highest BCUT2D eigenvalue weighted by Gasteiger charge is 2.22. The van der Waals surface area contributed by atoms with Crippen LogP contribution in [-0.2, 0) is 0 Å². The molecule has 92 valence electrons. The third-order valence-electron chi connectivity index (χ3n) is 2.85. The summed E-state index contributed by atoms with van der Waals surface area (Å²) in [4.78, 5) is 1.21. The van der Waals surface area contributed by atoms with Gasteiger partial charge in [-0.3, -0.25) is 0 Å². The van der Waals surface area contributed by atoms with E-state index in [1.165, 1.54) is 4.88 Å². The predicted molar refractivity (Wildman–Crippen MR) is 77.8 cm³/mol. The summed E-state index contributed by atoms with van der Waals surface area (Å²) in [7, 11) is 0. The molecule has 0 spiro atoms. The number of halogens is 2. The number of hydrogen-bond donors (Lipinski definition) is 1. The Balaban J connectivity index is 1.81. The minimum absolute atomic E-state index is 0.151. The Morgan fingerprint density at radius 2 is 2.00 bits per heavy atom. The summed E-state index contributed by atoms with van der Waals surface area (Å²) in [6.07, 6.45) is 0.858. The van der Waals surface area contributed by atoms with Crippen molar-refractivity contribution in [2.24, 2.45) is 5.10 Å². The average molecular weight is 297 g/mol. The monoisotopic (exact) mass is 296 g/mol. The van der Waals surface area contributed by atoms with Gasteiger partial charge >= 0.3 is 0 Å². The third kappa shape index (κ3) is 2.39. The summed E-state index contributed by atoms with van der Waals surface area (Å²) in [5.74, 6) is 0. The molecule has 0 fully saturated rings. The van der Waals surface area contributed by atoms with Crippen LogP contribution in [0.2, 0.25) is 10.0 Å². The molecule has 1 aliphatic rings. The fourth-order valence-electron chi connectivity index (χ4n) is 2.01. The van der Waals surface area contributed by atoms with Crippen LogP contribution >= 0.6 is 34.5 Å². The molecule has 1 N–H and O–H groups in total. The Bertz CT molecular complexity index is 573. The minimum Gasteiger partial charge on any atom is -0.302 e. The molecular weight excluding hydrogens is 287 g/mol. The van der Waals surface area contributed by atoms with Crippen molar-refractivity contribution in [3.8, 4) is 0 Å². The molecule has 0 bridgehead atoms. The molecule has 0 aliphatic carbocycles. The maximum absolute atomic E-state index is 6.02. The minimum atomic E-state index is 0.151. The van der Waals surface area contributed by atoms with E-state index in [-0.39, 0.29) is 6.04 Å². The molecule has 1 aromatic heterocycles. The molecule has 1 aromatic carbocycles. The Kier molecular flexibility index (Phi) is 3.29. The standard InChI is InChI=1S/C13H10Cl2N2S/c14-9-4-8(5-10(15)6-9)11-7-12(17-16-11)13-2-1-3-18-13/h1-6,11,16H,7H2. The number of nitrogens with zero attached hydrogens (tertiary/aromatic N) is 1. The Morgan fingerprint density at radius 3 is 2.67 bits per heavy atom. The maximum atomic E-state index is 6.02. The second kappa shape index (κ2) is 4.92. The summed E-state index contributed by atoms with van der Waals surface area (Å²) in [5, 5.41) is 7.76. The molecule has 0 saturated heterocycles. The van der Waals surface area contributed by atoms with Crippen LogP contribution < -0.4 is 5.43 Å². The number of hydrazone groups is 1. The van der Waals surface area contributed by atoms with Crippen LogP contribution in [0.3, 0.4) is 0 Å². The van der Waals surface area contributed by atoms with Crippen molar-refractivity contribution in [2.45, 2.75) is 12.5 Å². The zero-order chi connectivity index (χ0) is 12.5. The van der Waals surface area contributed by atoms with E-state index < -0.39 is 0 Å². The maximum Gasteiger partial charge on any atom is 0.0799 e. The van der Waals surface area contributed by atoms with Crippen molar-refractivity contribution in [3.05, 3.63) is 56.2 Å². The largest absolute Gasteiger partial charge is 0.302 e. The summed E-state index contributed by atoms with van der Waals surface area (Å²) in [6, 6.07) is 9.86. The zero-order valence-electron chi connectivity index (χ0n) is 9.36. The van der Waals surface area contributed by atoms with E-state index in [0.717, 1.165) is 17.7 Å². The molecule has 0 saturated carbocycles.